The number of aromatic carboxylic acids is 1. The molecule has 180 valence electrons. The Morgan fingerprint density at radius 2 is 1.97 bits per heavy atom. The van der Waals surface area contributed by atoms with E-state index in [1.54, 1.807) is 29.5 Å². The van der Waals surface area contributed by atoms with E-state index in [-0.39, 0.29) is 24.4 Å². The minimum absolute atomic E-state index is 0.0727. The van der Waals surface area contributed by atoms with Crippen LogP contribution in [0.5, 0.6) is 11.5 Å². The molecular weight excluding hydrogens is 470 g/mol. The van der Waals surface area contributed by atoms with Gasteiger partial charge in [-0.25, -0.2) is 9.78 Å². The van der Waals surface area contributed by atoms with Crippen LogP contribution in [0.15, 0.2) is 70.0 Å². The van der Waals surface area contributed by atoms with Crippen molar-refractivity contribution in [3.05, 3.63) is 87.9 Å². The first kappa shape index (κ1) is 24.0. The Morgan fingerprint density at radius 3 is 2.66 bits per heavy atom. The van der Waals surface area contributed by atoms with Crippen molar-refractivity contribution in [2.24, 2.45) is 0 Å². The predicted octanol–water partition coefficient (Wildman–Crippen LogP) is 5.97. The number of oxazole rings is 1. The molecule has 4 rings (SSSR count). The smallest absolute Gasteiger partial charge is 0.357 e. The SMILES string of the molecule is Cc1ccccc1[C@H](CCC(=O)O)Oc1cc(OCc2ccsc2)ccc1-c1nc(C(=O)O)co1. The van der Waals surface area contributed by atoms with Crippen molar-refractivity contribution in [1.82, 2.24) is 4.98 Å². The highest BCUT2D eigenvalue weighted by atomic mass is 32.1. The largest absolute Gasteiger partial charge is 0.489 e. The highest BCUT2D eigenvalue weighted by molar-refractivity contribution is 7.07. The van der Waals surface area contributed by atoms with Crippen LogP contribution in [-0.4, -0.2) is 27.1 Å². The maximum atomic E-state index is 11.3. The Labute approximate surface area is 205 Å². The summed E-state index contributed by atoms with van der Waals surface area (Å²) in [7, 11) is 0. The number of aliphatic carboxylic acids is 1. The molecule has 0 amide bonds. The van der Waals surface area contributed by atoms with Gasteiger partial charge in [0.05, 0.1) is 5.56 Å². The molecule has 1 atom stereocenters. The Balaban J connectivity index is 1.70. The van der Waals surface area contributed by atoms with Crippen LogP contribution >= 0.6 is 11.3 Å². The Morgan fingerprint density at radius 1 is 1.14 bits per heavy atom. The molecule has 0 radical (unpaired) electrons. The zero-order valence-electron chi connectivity index (χ0n) is 18.8. The number of thiophene rings is 1. The maximum Gasteiger partial charge on any atom is 0.357 e. The van der Waals surface area contributed by atoms with Gasteiger partial charge in [0.25, 0.3) is 0 Å². The van der Waals surface area contributed by atoms with Crippen molar-refractivity contribution in [3.8, 4) is 23.0 Å². The zero-order chi connectivity index (χ0) is 24.8. The number of carboxylic acids is 2. The number of ether oxygens (including phenoxy) is 2. The molecule has 9 heteroatoms. The number of hydrogen-bond acceptors (Lipinski definition) is 7. The summed E-state index contributed by atoms with van der Waals surface area (Å²) in [5.74, 6) is -1.20. The van der Waals surface area contributed by atoms with Gasteiger partial charge >= 0.3 is 11.9 Å². The molecular formula is C26H23NO7S. The number of nitrogens with zero attached hydrogens (tertiary/aromatic N) is 1. The van der Waals surface area contributed by atoms with Crippen molar-refractivity contribution in [2.45, 2.75) is 32.5 Å². The third-order valence-electron chi connectivity index (χ3n) is 5.32. The van der Waals surface area contributed by atoms with Crippen molar-refractivity contribution >= 4 is 23.3 Å². The van der Waals surface area contributed by atoms with E-state index in [0.29, 0.717) is 23.7 Å². The molecule has 0 bridgehead atoms. The fourth-order valence-electron chi connectivity index (χ4n) is 3.54. The quantitative estimate of drug-likeness (QED) is 0.262. The van der Waals surface area contributed by atoms with Gasteiger partial charge in [0.15, 0.2) is 5.69 Å². The fourth-order valence-corrected chi connectivity index (χ4v) is 4.19. The summed E-state index contributed by atoms with van der Waals surface area (Å²) in [5.41, 5.74) is 3.03. The van der Waals surface area contributed by atoms with Crippen LogP contribution in [0.2, 0.25) is 0 Å². The molecule has 0 saturated carbocycles. The average molecular weight is 494 g/mol. The topological polar surface area (TPSA) is 119 Å². The molecule has 2 aromatic heterocycles. The Kier molecular flexibility index (Phi) is 7.47. The van der Waals surface area contributed by atoms with Crippen molar-refractivity contribution < 1.29 is 33.7 Å². The van der Waals surface area contributed by atoms with Gasteiger partial charge in [-0.05, 0) is 59.0 Å². The number of carbonyl (C=O) groups is 2. The molecule has 0 aliphatic rings. The van der Waals surface area contributed by atoms with Crippen LogP contribution < -0.4 is 9.47 Å². The monoisotopic (exact) mass is 493 g/mol. The first-order chi connectivity index (χ1) is 16.9. The van der Waals surface area contributed by atoms with Crippen LogP contribution in [0, 0.1) is 6.92 Å². The zero-order valence-corrected chi connectivity index (χ0v) is 19.7. The molecule has 4 aromatic rings. The van der Waals surface area contributed by atoms with Gasteiger partial charge in [0.2, 0.25) is 5.89 Å². The van der Waals surface area contributed by atoms with Crippen LogP contribution in [0.3, 0.4) is 0 Å². The molecule has 0 aliphatic carbocycles. The lowest BCUT2D eigenvalue weighted by Crippen LogP contribution is -2.12. The maximum absolute atomic E-state index is 11.3. The average Bonchev–Trinajstić information content (AvgIpc) is 3.53. The summed E-state index contributed by atoms with van der Waals surface area (Å²) in [6.45, 7) is 2.30. The number of aromatic nitrogens is 1. The molecule has 0 spiro atoms. The summed E-state index contributed by atoms with van der Waals surface area (Å²) in [4.78, 5) is 26.7. The predicted molar refractivity (Wildman–Crippen MR) is 129 cm³/mol. The van der Waals surface area contributed by atoms with E-state index in [9.17, 15) is 19.8 Å². The standard InChI is InChI=1S/C26H23NO7S/c1-16-4-2-3-5-19(16)22(8-9-24(28)29)34-23-12-18(32-13-17-10-11-35-15-17)6-7-20(23)25-27-21(14-33-25)26(30)31/h2-7,10-12,14-15,22H,8-9,13H2,1H3,(H,28,29)(H,30,31)/t22-/m0/s1. The molecule has 35 heavy (non-hydrogen) atoms. The van der Waals surface area contributed by atoms with E-state index in [1.807, 2.05) is 48.0 Å². The highest BCUT2D eigenvalue weighted by Gasteiger charge is 2.22. The molecule has 2 heterocycles. The molecule has 8 nitrogen and oxygen atoms in total. The fraction of sp³-hybridized carbons (Fsp3) is 0.192. The summed E-state index contributed by atoms with van der Waals surface area (Å²) < 4.78 is 17.7. The van der Waals surface area contributed by atoms with Crippen LogP contribution in [0.1, 0.15) is 46.1 Å². The molecule has 2 N–H and O–H groups in total. The Bertz CT molecular complexity index is 1310. The van der Waals surface area contributed by atoms with E-state index >= 15 is 0 Å². The van der Waals surface area contributed by atoms with Crippen LogP contribution in [0.25, 0.3) is 11.5 Å². The van der Waals surface area contributed by atoms with E-state index in [0.717, 1.165) is 23.0 Å². The number of rotatable bonds is 11. The number of aryl methyl sites for hydroxylation is 1. The van der Waals surface area contributed by atoms with E-state index in [2.05, 4.69) is 4.98 Å². The van der Waals surface area contributed by atoms with Gasteiger partial charge in [0.1, 0.15) is 30.5 Å². The summed E-state index contributed by atoms with van der Waals surface area (Å²) in [6.07, 6.45) is 0.620. The second kappa shape index (κ2) is 10.9. The normalized spacial score (nSPS) is 11.7. The lowest BCUT2D eigenvalue weighted by molar-refractivity contribution is -0.137. The van der Waals surface area contributed by atoms with E-state index in [4.69, 9.17) is 13.9 Å². The highest BCUT2D eigenvalue weighted by Crippen LogP contribution is 2.38. The molecule has 0 aliphatic heterocycles. The summed E-state index contributed by atoms with van der Waals surface area (Å²) in [5, 5.41) is 22.5. The van der Waals surface area contributed by atoms with E-state index < -0.39 is 18.0 Å². The van der Waals surface area contributed by atoms with Crippen molar-refractivity contribution in [2.75, 3.05) is 0 Å². The molecule has 0 fully saturated rings. The third-order valence-corrected chi connectivity index (χ3v) is 6.05. The molecule has 2 aromatic carbocycles. The van der Waals surface area contributed by atoms with Gasteiger partial charge < -0.3 is 24.1 Å². The van der Waals surface area contributed by atoms with Crippen LogP contribution in [-0.2, 0) is 11.4 Å². The van der Waals surface area contributed by atoms with Gasteiger partial charge in [-0.1, -0.05) is 24.3 Å². The molecule has 0 saturated heterocycles. The molecule has 0 unspecified atom stereocenters. The van der Waals surface area contributed by atoms with E-state index in [1.165, 1.54) is 0 Å². The second-order valence-electron chi connectivity index (χ2n) is 7.82. The van der Waals surface area contributed by atoms with Gasteiger partial charge in [-0.2, -0.15) is 11.3 Å². The van der Waals surface area contributed by atoms with Gasteiger partial charge in [-0.15, -0.1) is 0 Å². The summed E-state index contributed by atoms with van der Waals surface area (Å²) >= 11 is 1.58. The third kappa shape index (κ3) is 6.07. The van der Waals surface area contributed by atoms with Crippen molar-refractivity contribution in [1.29, 1.82) is 0 Å². The van der Waals surface area contributed by atoms with Gasteiger partial charge in [0, 0.05) is 12.5 Å². The first-order valence-electron chi connectivity index (χ1n) is 10.8. The lowest BCUT2D eigenvalue weighted by Gasteiger charge is -2.22. The minimum atomic E-state index is -1.21. The number of carboxylic acid groups (broad SMARTS) is 2. The minimum Gasteiger partial charge on any atom is -0.489 e. The second-order valence-corrected chi connectivity index (χ2v) is 8.60. The number of benzene rings is 2. The lowest BCUT2D eigenvalue weighted by atomic mass is 9.99. The van der Waals surface area contributed by atoms with Gasteiger partial charge in [-0.3, -0.25) is 4.79 Å². The summed E-state index contributed by atoms with van der Waals surface area (Å²) in [6, 6.07) is 14.6. The van der Waals surface area contributed by atoms with Crippen LogP contribution in [0.4, 0.5) is 0 Å². The number of hydrogen-bond donors (Lipinski definition) is 2. The van der Waals surface area contributed by atoms with Crippen molar-refractivity contribution in [3.63, 3.8) is 0 Å². The first-order valence-corrected chi connectivity index (χ1v) is 11.8. The Hall–Kier alpha value is -4.11.